The van der Waals surface area contributed by atoms with Crippen LogP contribution in [0.4, 0.5) is 0 Å². The van der Waals surface area contributed by atoms with E-state index in [0.29, 0.717) is 25.8 Å². The average molecular weight is 561 g/mol. The first-order chi connectivity index (χ1) is 18.6. The predicted molar refractivity (Wildman–Crippen MR) is 155 cm³/mol. The molecule has 0 aromatic rings. The number of aliphatic hydroxyl groups is 1. The van der Waals surface area contributed by atoms with Gasteiger partial charge in [-0.15, -0.1) is 13.2 Å². The van der Waals surface area contributed by atoms with Crippen molar-refractivity contribution >= 4 is 17.8 Å². The normalized spacial score (nSPS) is 31.3. The molecule has 0 radical (unpaired) electrons. The number of rotatable bonds is 14. The van der Waals surface area contributed by atoms with E-state index in [4.69, 9.17) is 9.47 Å². The van der Waals surface area contributed by atoms with Gasteiger partial charge in [0.2, 0.25) is 11.8 Å². The summed E-state index contributed by atoms with van der Waals surface area (Å²) in [5, 5.41) is 9.64. The molecule has 8 nitrogen and oxygen atoms in total. The number of likely N-dealkylation sites (tertiary alicyclic amines) is 1. The summed E-state index contributed by atoms with van der Waals surface area (Å²) >= 11 is 0. The molecule has 0 aromatic carbocycles. The van der Waals surface area contributed by atoms with Gasteiger partial charge in [-0.05, 0) is 70.6 Å². The lowest BCUT2D eigenvalue weighted by atomic mass is 9.62. The van der Waals surface area contributed by atoms with Crippen LogP contribution in [0.1, 0.15) is 87.0 Å². The van der Waals surface area contributed by atoms with E-state index in [-0.39, 0.29) is 42.9 Å². The van der Waals surface area contributed by atoms with Crippen molar-refractivity contribution < 1.29 is 29.0 Å². The van der Waals surface area contributed by atoms with Gasteiger partial charge in [0.25, 0.3) is 0 Å². The van der Waals surface area contributed by atoms with Crippen molar-refractivity contribution in [2.24, 2.45) is 23.2 Å². The van der Waals surface area contributed by atoms with Gasteiger partial charge in [0.15, 0.2) is 0 Å². The van der Waals surface area contributed by atoms with E-state index in [9.17, 15) is 19.5 Å². The van der Waals surface area contributed by atoms with Crippen LogP contribution in [0.2, 0.25) is 0 Å². The number of fused-ring (bicyclic) bond motifs is 1. The molecule has 8 heteroatoms. The summed E-state index contributed by atoms with van der Waals surface area (Å²) in [4.78, 5) is 45.9. The first-order valence-corrected chi connectivity index (χ1v) is 14.9. The lowest BCUT2D eigenvalue weighted by Gasteiger charge is -2.45. The summed E-state index contributed by atoms with van der Waals surface area (Å²) in [6.07, 6.45) is 7.55. The fraction of sp³-hybridized carbons (Fsp3) is 0.781. The van der Waals surface area contributed by atoms with Crippen LogP contribution in [0.3, 0.4) is 0 Å². The molecule has 3 unspecified atom stereocenters. The number of nitrogens with zero attached hydrogens (tertiary/aromatic N) is 2. The molecule has 1 spiro atoms. The summed E-state index contributed by atoms with van der Waals surface area (Å²) < 4.78 is 12.5. The molecule has 3 heterocycles. The second kappa shape index (κ2) is 12.0. The highest BCUT2D eigenvalue weighted by molar-refractivity contribution is 5.98. The van der Waals surface area contributed by atoms with E-state index in [1.54, 1.807) is 11.0 Å². The molecular weight excluding hydrogens is 508 g/mol. The molecule has 0 saturated carbocycles. The maximum Gasteiger partial charge on any atom is 0.312 e. The smallest absolute Gasteiger partial charge is 0.312 e. The Morgan fingerprint density at radius 1 is 1.18 bits per heavy atom. The number of hydrogen-bond donors (Lipinski definition) is 1. The third kappa shape index (κ3) is 5.76. The van der Waals surface area contributed by atoms with Gasteiger partial charge in [-0.3, -0.25) is 14.4 Å². The van der Waals surface area contributed by atoms with Gasteiger partial charge in [0.1, 0.15) is 17.6 Å². The highest BCUT2D eigenvalue weighted by atomic mass is 16.6. The van der Waals surface area contributed by atoms with Crippen molar-refractivity contribution in [2.75, 3.05) is 26.3 Å². The van der Waals surface area contributed by atoms with E-state index >= 15 is 0 Å². The van der Waals surface area contributed by atoms with Gasteiger partial charge in [0, 0.05) is 25.2 Å². The second-order valence-electron chi connectivity index (χ2n) is 14.1. The molecule has 3 aliphatic heterocycles. The number of allylic oxidation sites excluding steroid dienone is 1. The Labute approximate surface area is 241 Å². The Balaban J connectivity index is 2.03. The predicted octanol–water partition coefficient (Wildman–Crippen LogP) is 4.51. The Morgan fingerprint density at radius 2 is 1.85 bits per heavy atom. The van der Waals surface area contributed by atoms with E-state index in [2.05, 4.69) is 33.9 Å². The maximum absolute atomic E-state index is 14.7. The molecule has 226 valence electrons. The Hall–Kier alpha value is -2.19. The van der Waals surface area contributed by atoms with Gasteiger partial charge in [0.05, 0.1) is 18.1 Å². The lowest BCUT2D eigenvalue weighted by molar-refractivity contribution is -0.163. The van der Waals surface area contributed by atoms with E-state index in [0.717, 1.165) is 19.3 Å². The quantitative estimate of drug-likeness (QED) is 0.191. The van der Waals surface area contributed by atoms with Crippen LogP contribution in [-0.2, 0) is 23.9 Å². The minimum atomic E-state index is -1.14. The fourth-order valence-electron chi connectivity index (χ4n) is 7.82. The van der Waals surface area contributed by atoms with Gasteiger partial charge in [-0.2, -0.15) is 0 Å². The number of ether oxygens (including phenoxy) is 2. The van der Waals surface area contributed by atoms with Crippen LogP contribution < -0.4 is 0 Å². The van der Waals surface area contributed by atoms with Crippen molar-refractivity contribution in [1.29, 1.82) is 0 Å². The summed E-state index contributed by atoms with van der Waals surface area (Å²) in [6, 6.07) is -0.898. The van der Waals surface area contributed by atoms with E-state index < -0.39 is 40.6 Å². The zero-order valence-corrected chi connectivity index (χ0v) is 25.8. The molecule has 6 atom stereocenters. The van der Waals surface area contributed by atoms with Crippen LogP contribution in [-0.4, -0.2) is 81.8 Å². The highest BCUT2D eigenvalue weighted by Gasteiger charge is 2.80. The van der Waals surface area contributed by atoms with Gasteiger partial charge >= 0.3 is 5.97 Å². The Morgan fingerprint density at radius 3 is 2.42 bits per heavy atom. The number of esters is 1. The van der Waals surface area contributed by atoms with Crippen LogP contribution in [0, 0.1) is 23.2 Å². The minimum absolute atomic E-state index is 0.0447. The second-order valence-corrected chi connectivity index (χ2v) is 14.1. The van der Waals surface area contributed by atoms with Crippen LogP contribution in [0.15, 0.2) is 25.3 Å². The van der Waals surface area contributed by atoms with Crippen LogP contribution >= 0.6 is 0 Å². The molecule has 0 aliphatic carbocycles. The summed E-state index contributed by atoms with van der Waals surface area (Å²) in [5.41, 5.74) is -2.62. The van der Waals surface area contributed by atoms with Crippen LogP contribution in [0.5, 0.6) is 0 Å². The molecule has 0 aromatic heterocycles. The number of carbonyl (C=O) groups is 3. The maximum atomic E-state index is 14.7. The molecular formula is C32H52N2O6. The van der Waals surface area contributed by atoms with Crippen LogP contribution in [0.25, 0.3) is 0 Å². The van der Waals surface area contributed by atoms with Crippen molar-refractivity contribution in [3.63, 3.8) is 0 Å². The van der Waals surface area contributed by atoms with Gasteiger partial charge < -0.3 is 24.4 Å². The first kappa shape index (κ1) is 32.3. The number of hydrogen-bond acceptors (Lipinski definition) is 6. The summed E-state index contributed by atoms with van der Waals surface area (Å²) in [7, 11) is 0. The highest BCUT2D eigenvalue weighted by Crippen LogP contribution is 2.65. The Kier molecular flexibility index (Phi) is 9.67. The van der Waals surface area contributed by atoms with Crippen molar-refractivity contribution in [2.45, 2.75) is 110 Å². The Bertz CT molecular complexity index is 986. The first-order valence-electron chi connectivity index (χ1n) is 14.9. The molecule has 3 saturated heterocycles. The van der Waals surface area contributed by atoms with Crippen molar-refractivity contribution in [3.8, 4) is 0 Å². The molecule has 3 fully saturated rings. The third-order valence-electron chi connectivity index (χ3n) is 9.18. The minimum Gasteiger partial charge on any atom is -0.465 e. The van der Waals surface area contributed by atoms with E-state index in [1.807, 2.05) is 38.7 Å². The molecule has 1 N–H and O–H groups in total. The summed E-state index contributed by atoms with van der Waals surface area (Å²) in [5.74, 6) is -2.55. The number of carbonyl (C=O) groups excluding carboxylic acids is 3. The number of unbranched alkanes of at least 4 members (excludes halogenated alkanes) is 2. The molecule has 40 heavy (non-hydrogen) atoms. The standard InChI is InChI=1S/C32H52N2O6/c1-10-12-13-14-19-39-28(38)24-23-26(36)33(17-15-18-35)25(32(23)20-22(3)31(24,9)40-32)27(37)34(16-11-2)30(7,8)21-29(4,5)6/h10-11,22-25,35H,1-2,12-21H2,3-9H3/t22?,23-,24+,25?,31-,32?/m0/s1. The van der Waals surface area contributed by atoms with E-state index in [1.165, 1.54) is 0 Å². The third-order valence-corrected chi connectivity index (χ3v) is 9.18. The van der Waals surface area contributed by atoms with Crippen molar-refractivity contribution in [1.82, 2.24) is 9.80 Å². The largest absolute Gasteiger partial charge is 0.465 e. The zero-order valence-electron chi connectivity index (χ0n) is 25.8. The zero-order chi connectivity index (χ0) is 30.1. The van der Waals surface area contributed by atoms with Crippen molar-refractivity contribution in [3.05, 3.63) is 25.3 Å². The van der Waals surface area contributed by atoms with Gasteiger partial charge in [-0.25, -0.2) is 0 Å². The number of amides is 2. The molecule has 3 rings (SSSR count). The topological polar surface area (TPSA) is 96.4 Å². The summed E-state index contributed by atoms with van der Waals surface area (Å²) in [6.45, 7) is 22.8. The average Bonchev–Trinajstić information content (AvgIpc) is 3.35. The van der Waals surface area contributed by atoms with Gasteiger partial charge in [-0.1, -0.05) is 39.8 Å². The molecule has 3 aliphatic rings. The lowest BCUT2D eigenvalue weighted by Crippen LogP contribution is -2.61. The molecule has 2 bridgehead atoms. The molecule has 2 amide bonds. The SMILES string of the molecule is C=CCCCCOC(=O)[C@H]1[C@H]2C(=O)N(CCCO)C(C(=O)N(CC=C)C(C)(C)CC(C)(C)C)C23CC(C)[C@]1(C)O3. The monoisotopic (exact) mass is 560 g/mol. The fourth-order valence-corrected chi connectivity index (χ4v) is 7.82. The number of aliphatic hydroxyl groups excluding tert-OH is 1.